The Hall–Kier alpha value is -2.89. The van der Waals surface area contributed by atoms with Crippen LogP contribution < -0.4 is 0 Å². The van der Waals surface area contributed by atoms with E-state index >= 15 is 0 Å². The minimum atomic E-state index is -4.96. The molecule has 0 radical (unpaired) electrons. The topological polar surface area (TPSA) is 52.0 Å². The highest BCUT2D eigenvalue weighted by Gasteiger charge is 2.35. The first-order valence-electron chi connectivity index (χ1n) is 7.61. The molecular weight excluding hydrogens is 429 g/mol. The summed E-state index contributed by atoms with van der Waals surface area (Å²) < 4.78 is 118. The molecule has 3 aromatic rings. The van der Waals surface area contributed by atoms with Gasteiger partial charge in [-0.05, 0) is 30.3 Å². The molecule has 0 unspecified atom stereocenters. The third-order valence-corrected chi connectivity index (χ3v) is 4.94. The van der Waals surface area contributed by atoms with Crippen LogP contribution in [0, 0.1) is 23.3 Å². The SMILES string of the molecule is CS(=O)(=O)c1c(F)cc(-c2cc(C(F)(F)F)nn2-c2ccc(F)c(F)c2)cc1F. The van der Waals surface area contributed by atoms with Crippen molar-refractivity contribution in [2.45, 2.75) is 11.1 Å². The van der Waals surface area contributed by atoms with Crippen LogP contribution in [0.2, 0.25) is 0 Å². The summed E-state index contributed by atoms with van der Waals surface area (Å²) in [4.78, 5) is -1.25. The predicted octanol–water partition coefficient (Wildman–Crippen LogP) is 4.52. The van der Waals surface area contributed by atoms with E-state index in [4.69, 9.17) is 0 Å². The van der Waals surface area contributed by atoms with Gasteiger partial charge >= 0.3 is 6.18 Å². The summed E-state index contributed by atoms with van der Waals surface area (Å²) in [5.41, 5.74) is -2.85. The van der Waals surface area contributed by atoms with Gasteiger partial charge in [-0.25, -0.2) is 30.7 Å². The van der Waals surface area contributed by atoms with Gasteiger partial charge < -0.3 is 0 Å². The standard InChI is InChI=1S/C17H9F7N2O2S/c1-29(27,28)16-12(20)4-8(5-13(16)21)14-7-15(17(22,23)24)25-26(14)9-2-3-10(18)11(19)6-9/h2-7H,1H3. The minimum absolute atomic E-state index is 0.359. The average Bonchev–Trinajstić information content (AvgIpc) is 3.01. The van der Waals surface area contributed by atoms with Gasteiger partial charge in [-0.2, -0.15) is 18.3 Å². The van der Waals surface area contributed by atoms with Crippen molar-refractivity contribution in [3.63, 3.8) is 0 Å². The molecule has 0 aliphatic heterocycles. The molecule has 0 spiro atoms. The van der Waals surface area contributed by atoms with Crippen LogP contribution in [-0.2, 0) is 16.0 Å². The lowest BCUT2D eigenvalue weighted by molar-refractivity contribution is -0.141. The Morgan fingerprint density at radius 3 is 1.93 bits per heavy atom. The quantitative estimate of drug-likeness (QED) is 0.566. The molecular formula is C17H9F7N2O2S. The fourth-order valence-corrected chi connectivity index (χ4v) is 3.43. The molecule has 154 valence electrons. The lowest BCUT2D eigenvalue weighted by Crippen LogP contribution is -2.08. The maximum Gasteiger partial charge on any atom is 0.435 e. The number of aromatic nitrogens is 2. The second kappa shape index (κ2) is 6.87. The minimum Gasteiger partial charge on any atom is -0.232 e. The Balaban J connectivity index is 2.29. The molecule has 29 heavy (non-hydrogen) atoms. The largest absolute Gasteiger partial charge is 0.435 e. The van der Waals surface area contributed by atoms with Crippen molar-refractivity contribution in [2.24, 2.45) is 0 Å². The number of rotatable bonds is 3. The number of hydrogen-bond donors (Lipinski definition) is 0. The van der Waals surface area contributed by atoms with Crippen molar-refractivity contribution in [1.29, 1.82) is 0 Å². The molecule has 0 saturated heterocycles. The van der Waals surface area contributed by atoms with E-state index in [9.17, 15) is 39.2 Å². The Kier molecular flexibility index (Phi) is 4.93. The average molecular weight is 438 g/mol. The summed E-state index contributed by atoms with van der Waals surface area (Å²) in [6.45, 7) is 0. The second-order valence-corrected chi connectivity index (χ2v) is 7.92. The fraction of sp³-hybridized carbons (Fsp3) is 0.118. The molecule has 0 saturated carbocycles. The lowest BCUT2D eigenvalue weighted by Gasteiger charge is -2.10. The molecule has 12 heteroatoms. The molecule has 4 nitrogen and oxygen atoms in total. The van der Waals surface area contributed by atoms with Gasteiger partial charge in [0.25, 0.3) is 0 Å². The van der Waals surface area contributed by atoms with E-state index in [1.54, 1.807) is 0 Å². The van der Waals surface area contributed by atoms with Gasteiger partial charge in [-0.3, -0.25) is 0 Å². The third-order valence-electron chi connectivity index (χ3n) is 3.81. The van der Waals surface area contributed by atoms with Crippen LogP contribution in [0.5, 0.6) is 0 Å². The first-order valence-corrected chi connectivity index (χ1v) is 9.50. The molecule has 1 aromatic heterocycles. The summed E-state index contributed by atoms with van der Waals surface area (Å²) >= 11 is 0. The monoisotopic (exact) mass is 438 g/mol. The first kappa shape index (κ1) is 20.8. The Labute approximate surface area is 159 Å². The molecule has 0 bridgehead atoms. The number of halogens is 7. The Morgan fingerprint density at radius 2 is 1.45 bits per heavy atom. The van der Waals surface area contributed by atoms with Gasteiger partial charge in [0.1, 0.15) is 16.5 Å². The molecule has 0 atom stereocenters. The molecule has 0 aliphatic rings. The fourth-order valence-electron chi connectivity index (χ4n) is 2.60. The zero-order chi connectivity index (χ0) is 21.7. The van der Waals surface area contributed by atoms with E-state index in [2.05, 4.69) is 5.10 Å². The summed E-state index contributed by atoms with van der Waals surface area (Å²) in [5.74, 6) is -5.72. The molecule has 3 rings (SSSR count). The molecule has 0 amide bonds. The van der Waals surface area contributed by atoms with Crippen molar-refractivity contribution in [2.75, 3.05) is 6.26 Å². The molecule has 2 aromatic carbocycles. The molecule has 0 aliphatic carbocycles. The number of benzene rings is 2. The molecule has 0 fully saturated rings. The second-order valence-electron chi connectivity index (χ2n) is 5.96. The van der Waals surface area contributed by atoms with Gasteiger partial charge in [0.2, 0.25) is 0 Å². The van der Waals surface area contributed by atoms with Gasteiger partial charge in [0.15, 0.2) is 27.2 Å². The van der Waals surface area contributed by atoms with E-state index in [0.29, 0.717) is 41.3 Å². The molecule has 1 heterocycles. The van der Waals surface area contributed by atoms with Crippen molar-refractivity contribution in [3.05, 3.63) is 65.4 Å². The van der Waals surface area contributed by atoms with Crippen LogP contribution in [-0.4, -0.2) is 24.5 Å². The van der Waals surface area contributed by atoms with Crippen molar-refractivity contribution in [1.82, 2.24) is 9.78 Å². The van der Waals surface area contributed by atoms with Gasteiger partial charge in [-0.15, -0.1) is 0 Å². The van der Waals surface area contributed by atoms with E-state index in [0.717, 1.165) is 6.07 Å². The highest BCUT2D eigenvalue weighted by Crippen LogP contribution is 2.35. The predicted molar refractivity (Wildman–Crippen MR) is 86.9 cm³/mol. The van der Waals surface area contributed by atoms with E-state index in [1.807, 2.05) is 0 Å². The van der Waals surface area contributed by atoms with Gasteiger partial charge in [0.05, 0.1) is 11.4 Å². The van der Waals surface area contributed by atoms with E-state index < -0.39 is 61.1 Å². The van der Waals surface area contributed by atoms with Crippen LogP contribution >= 0.6 is 0 Å². The summed E-state index contributed by atoms with van der Waals surface area (Å²) in [7, 11) is -4.30. The number of sulfone groups is 1. The zero-order valence-corrected chi connectivity index (χ0v) is 15.0. The maximum absolute atomic E-state index is 14.2. The maximum atomic E-state index is 14.2. The lowest BCUT2D eigenvalue weighted by atomic mass is 10.1. The number of hydrogen-bond acceptors (Lipinski definition) is 3. The summed E-state index contributed by atoms with van der Waals surface area (Å²) in [6.07, 6.45) is -4.40. The van der Waals surface area contributed by atoms with Gasteiger partial charge in [0, 0.05) is 17.9 Å². The first-order chi connectivity index (χ1) is 13.3. The Bertz CT molecular complexity index is 1190. The van der Waals surface area contributed by atoms with Crippen LogP contribution in [0.25, 0.3) is 16.9 Å². The number of nitrogens with zero attached hydrogens (tertiary/aromatic N) is 2. The zero-order valence-electron chi connectivity index (χ0n) is 14.2. The third kappa shape index (κ3) is 3.97. The van der Waals surface area contributed by atoms with Crippen molar-refractivity contribution < 1.29 is 39.2 Å². The van der Waals surface area contributed by atoms with E-state index in [-0.39, 0.29) is 5.69 Å². The van der Waals surface area contributed by atoms with Gasteiger partial charge in [-0.1, -0.05) is 0 Å². The highest BCUT2D eigenvalue weighted by molar-refractivity contribution is 7.90. The van der Waals surface area contributed by atoms with Crippen LogP contribution in [0.3, 0.4) is 0 Å². The molecule has 0 N–H and O–H groups in total. The van der Waals surface area contributed by atoms with E-state index in [1.165, 1.54) is 0 Å². The van der Waals surface area contributed by atoms with Crippen molar-refractivity contribution >= 4 is 9.84 Å². The van der Waals surface area contributed by atoms with Crippen LogP contribution in [0.1, 0.15) is 5.69 Å². The number of alkyl halides is 3. The van der Waals surface area contributed by atoms with Crippen LogP contribution in [0.15, 0.2) is 41.3 Å². The summed E-state index contributed by atoms with van der Waals surface area (Å²) in [6, 6.07) is 3.54. The summed E-state index contributed by atoms with van der Waals surface area (Å²) in [5, 5.41) is 3.27. The van der Waals surface area contributed by atoms with Crippen molar-refractivity contribution in [3.8, 4) is 16.9 Å². The van der Waals surface area contributed by atoms with Crippen LogP contribution in [0.4, 0.5) is 30.7 Å². The highest BCUT2D eigenvalue weighted by atomic mass is 32.2. The normalized spacial score (nSPS) is 12.4. The smallest absolute Gasteiger partial charge is 0.232 e. The Morgan fingerprint density at radius 1 is 0.862 bits per heavy atom.